The summed E-state index contributed by atoms with van der Waals surface area (Å²) in [4.78, 5) is 51.7. The molecule has 3 aliphatic carbocycles. The molecule has 21 heteroatoms. The molecule has 3 saturated carbocycles. The maximum Gasteiger partial charge on any atom is 0.407 e. The Bertz CT molecular complexity index is 2150. The average molecular weight is 948 g/mol. The van der Waals surface area contributed by atoms with Gasteiger partial charge in [-0.2, -0.15) is 30.0 Å². The second kappa shape index (κ2) is 23.3. The molecule has 3 aliphatic rings. The molecule has 8 N–H and O–H groups in total. The minimum atomic E-state index is -0.576. The first kappa shape index (κ1) is 51.6. The molecule has 0 radical (unpaired) electrons. The Morgan fingerprint density at radius 3 is 1.27 bits per heavy atom. The van der Waals surface area contributed by atoms with Gasteiger partial charge in [-0.15, -0.1) is 12.4 Å². The van der Waals surface area contributed by atoms with E-state index in [1.807, 2.05) is 41.5 Å². The van der Waals surface area contributed by atoms with Crippen LogP contribution in [-0.4, -0.2) is 101 Å². The minimum Gasteiger partial charge on any atom is -0.444 e. The fraction of sp³-hybridized carbons (Fsp3) is 0.535. The van der Waals surface area contributed by atoms with Gasteiger partial charge in [0.05, 0.1) is 53.3 Å². The predicted octanol–water partition coefficient (Wildman–Crippen LogP) is 6.44. The third-order valence-electron chi connectivity index (χ3n) is 10.4. The number of nitrogens with zero attached hydrogens (tertiary/aromatic N) is 6. The van der Waals surface area contributed by atoms with Crippen molar-refractivity contribution < 1.29 is 28.7 Å². The molecule has 7 rings (SSSR count). The van der Waals surface area contributed by atoms with Crippen LogP contribution in [0.3, 0.4) is 0 Å². The molecule has 0 aliphatic heterocycles. The van der Waals surface area contributed by atoms with E-state index in [1.54, 1.807) is 48.8 Å². The van der Waals surface area contributed by atoms with Crippen molar-refractivity contribution in [1.82, 2.24) is 51.3 Å². The monoisotopic (exact) mass is 946 g/mol. The molecule has 0 unspecified atom stereocenters. The summed E-state index contributed by atoms with van der Waals surface area (Å²) < 4.78 is 10.5. The van der Waals surface area contributed by atoms with Crippen molar-refractivity contribution in [3.05, 3.63) is 82.4 Å². The number of amides is 4. The second-order valence-electron chi connectivity index (χ2n) is 17.7. The molecule has 350 valence electrons. The first-order valence-corrected chi connectivity index (χ1v) is 22.0. The first-order valence-electron chi connectivity index (χ1n) is 21.2. The van der Waals surface area contributed by atoms with Crippen molar-refractivity contribution >= 4 is 59.6 Å². The number of ether oxygens (including phenoxy) is 2. The largest absolute Gasteiger partial charge is 0.444 e. The van der Waals surface area contributed by atoms with Gasteiger partial charge in [0.1, 0.15) is 11.2 Å². The Morgan fingerprint density at radius 2 is 0.891 bits per heavy atom. The van der Waals surface area contributed by atoms with Crippen LogP contribution in [0.4, 0.5) is 9.59 Å². The van der Waals surface area contributed by atoms with E-state index in [1.165, 1.54) is 22.0 Å². The molecular formula is C43H61Cl3N12O6. The van der Waals surface area contributed by atoms with Gasteiger partial charge in [0.25, 0.3) is 11.8 Å². The Hall–Kier alpha value is -5.01. The van der Waals surface area contributed by atoms with Gasteiger partial charge in [-0.3, -0.25) is 9.59 Å². The fourth-order valence-electron chi connectivity index (χ4n) is 7.46. The van der Waals surface area contributed by atoms with Crippen molar-refractivity contribution in [3.8, 4) is 11.4 Å². The van der Waals surface area contributed by atoms with Crippen LogP contribution in [0.5, 0.6) is 0 Å². The Balaban J connectivity index is 0.000000221. The van der Waals surface area contributed by atoms with Crippen molar-refractivity contribution in [2.45, 2.75) is 147 Å². The normalized spacial score (nSPS) is 21.5. The van der Waals surface area contributed by atoms with Crippen LogP contribution >= 0.6 is 35.6 Å². The zero-order valence-corrected chi connectivity index (χ0v) is 39.4. The number of halogens is 3. The lowest BCUT2D eigenvalue weighted by Crippen LogP contribution is -2.49. The number of alkyl carbamates (subject to hydrolysis) is 2. The predicted molar refractivity (Wildman–Crippen MR) is 246 cm³/mol. The lowest BCUT2D eigenvalue weighted by Gasteiger charge is -2.25. The standard InChI is InChI=1S/C19H24ClN5O3.C14H16ClN5O.C10H20N2O2.ClH/c1-19(2,3)28-18(27)24-15-6-4-5-14(15)23-17(26)13-11-12(20)7-8-16(13)25-21-9-10-22-25;15-9-4-5-13(20-17-6-7-18-20)10(8-9)14(21)19-12-3-1-2-11(12)16;1-10(2,3)14-9(13)12-8-6-4-5-7(8)11;/h7-11,14-15H,4-6H2,1-3H3,(H,23,26)(H,24,27);4-8,11-12H,1-3,16H2,(H,19,21);7-8H,4-6,11H2,1-3H3,(H,12,13);1H/t14-,15-;11-,12-;7-,8-;/m000./s1. The van der Waals surface area contributed by atoms with Gasteiger partial charge < -0.3 is 42.2 Å². The van der Waals surface area contributed by atoms with Crippen LogP contribution < -0.4 is 32.7 Å². The average Bonchev–Trinajstić information content (AvgIpc) is 4.06. The molecule has 18 nitrogen and oxygen atoms in total. The molecule has 2 aromatic heterocycles. The summed E-state index contributed by atoms with van der Waals surface area (Å²) in [5, 5.41) is 28.9. The smallest absolute Gasteiger partial charge is 0.407 e. The summed E-state index contributed by atoms with van der Waals surface area (Å²) in [6.45, 7) is 11.0. The third-order valence-corrected chi connectivity index (χ3v) is 10.8. The molecule has 0 spiro atoms. The van der Waals surface area contributed by atoms with Crippen LogP contribution in [0.1, 0.15) is 120 Å². The number of aromatic nitrogens is 6. The second-order valence-corrected chi connectivity index (χ2v) is 18.6. The fourth-order valence-corrected chi connectivity index (χ4v) is 7.81. The highest BCUT2D eigenvalue weighted by atomic mass is 35.5. The van der Waals surface area contributed by atoms with Crippen LogP contribution in [0.15, 0.2) is 61.2 Å². The minimum absolute atomic E-state index is 0. The van der Waals surface area contributed by atoms with Gasteiger partial charge in [0.2, 0.25) is 0 Å². The summed E-state index contributed by atoms with van der Waals surface area (Å²) in [6.07, 6.45) is 13.7. The lowest BCUT2D eigenvalue weighted by molar-refractivity contribution is 0.0487. The molecule has 3 fully saturated rings. The quantitative estimate of drug-likeness (QED) is 0.112. The molecule has 4 aromatic rings. The molecular weight excluding hydrogens is 887 g/mol. The van der Waals surface area contributed by atoms with Gasteiger partial charge >= 0.3 is 12.2 Å². The summed E-state index contributed by atoms with van der Waals surface area (Å²) in [6, 6.07) is 9.83. The van der Waals surface area contributed by atoms with E-state index in [4.69, 9.17) is 44.1 Å². The summed E-state index contributed by atoms with van der Waals surface area (Å²) >= 11 is 12.1. The molecule has 4 amide bonds. The summed E-state index contributed by atoms with van der Waals surface area (Å²) in [5.41, 5.74) is 12.7. The number of benzene rings is 2. The highest BCUT2D eigenvalue weighted by molar-refractivity contribution is 6.31. The van der Waals surface area contributed by atoms with Crippen LogP contribution in [0.2, 0.25) is 10.0 Å². The van der Waals surface area contributed by atoms with E-state index in [0.717, 1.165) is 57.8 Å². The van der Waals surface area contributed by atoms with Gasteiger partial charge in [-0.05, 0) is 136 Å². The van der Waals surface area contributed by atoms with E-state index in [2.05, 4.69) is 41.7 Å². The maximum absolute atomic E-state index is 12.9. The highest BCUT2D eigenvalue weighted by Gasteiger charge is 2.33. The molecule has 0 bridgehead atoms. The zero-order valence-electron chi connectivity index (χ0n) is 37.1. The van der Waals surface area contributed by atoms with E-state index in [0.29, 0.717) is 32.5 Å². The van der Waals surface area contributed by atoms with E-state index in [-0.39, 0.29) is 66.6 Å². The van der Waals surface area contributed by atoms with Gasteiger partial charge in [0.15, 0.2) is 0 Å². The number of hydrogen-bond acceptors (Lipinski definition) is 12. The summed E-state index contributed by atoms with van der Waals surface area (Å²) in [7, 11) is 0. The topological polar surface area (TPSA) is 248 Å². The highest BCUT2D eigenvalue weighted by Crippen LogP contribution is 2.25. The molecule has 6 atom stereocenters. The molecule has 64 heavy (non-hydrogen) atoms. The van der Waals surface area contributed by atoms with Crippen LogP contribution in [-0.2, 0) is 9.47 Å². The number of carbonyl (C=O) groups excluding carboxylic acids is 4. The number of nitrogens with two attached hydrogens (primary N) is 2. The Morgan fingerprint density at radius 1 is 0.562 bits per heavy atom. The van der Waals surface area contributed by atoms with E-state index < -0.39 is 17.3 Å². The van der Waals surface area contributed by atoms with Crippen molar-refractivity contribution in [1.29, 1.82) is 0 Å². The van der Waals surface area contributed by atoms with Crippen molar-refractivity contribution in [3.63, 3.8) is 0 Å². The number of rotatable bonds is 8. The van der Waals surface area contributed by atoms with E-state index >= 15 is 0 Å². The SMILES string of the molecule is CC(C)(C)OC(=O)N[C@H]1CCC[C@@H]1N.CC(C)(C)OC(=O)N[C@H]1CCC[C@@H]1NC(=O)c1cc(Cl)ccc1-n1nccn1.Cl.N[C@H]1CCC[C@@H]1NC(=O)c1cc(Cl)ccc1-n1nccn1. The maximum atomic E-state index is 12.9. The molecule has 2 heterocycles. The number of carbonyl (C=O) groups is 4. The van der Waals surface area contributed by atoms with Crippen LogP contribution in [0.25, 0.3) is 11.4 Å². The molecule has 2 aromatic carbocycles. The van der Waals surface area contributed by atoms with Gasteiger partial charge in [-0.25, -0.2) is 9.59 Å². The number of hydrogen-bond donors (Lipinski definition) is 6. The van der Waals surface area contributed by atoms with Gasteiger partial charge in [0, 0.05) is 40.3 Å². The lowest BCUT2D eigenvalue weighted by atomic mass is 10.1. The van der Waals surface area contributed by atoms with Crippen molar-refractivity contribution in [2.24, 2.45) is 11.5 Å². The third kappa shape index (κ3) is 15.6. The first-order chi connectivity index (χ1) is 29.8. The van der Waals surface area contributed by atoms with Crippen molar-refractivity contribution in [2.75, 3.05) is 0 Å². The Kier molecular flexibility index (Phi) is 18.8. The zero-order chi connectivity index (χ0) is 45.9. The number of nitrogens with one attached hydrogen (secondary N) is 4. The van der Waals surface area contributed by atoms with Gasteiger partial charge in [-0.1, -0.05) is 23.2 Å². The van der Waals surface area contributed by atoms with E-state index in [9.17, 15) is 19.2 Å². The summed E-state index contributed by atoms with van der Waals surface area (Å²) in [5.74, 6) is -0.496. The molecule has 0 saturated heterocycles. The van der Waals surface area contributed by atoms with Crippen LogP contribution in [0, 0.1) is 0 Å². The Labute approximate surface area is 390 Å².